The van der Waals surface area contributed by atoms with Crippen molar-refractivity contribution >= 4 is 33.2 Å². The molecule has 112 valence electrons. The summed E-state index contributed by atoms with van der Waals surface area (Å²) < 4.78 is 0.903. The molecule has 21 heavy (non-hydrogen) atoms. The molecule has 0 aliphatic rings. The predicted octanol–water partition coefficient (Wildman–Crippen LogP) is 4.94. The summed E-state index contributed by atoms with van der Waals surface area (Å²) in [6, 6.07) is 14.6. The van der Waals surface area contributed by atoms with E-state index in [1.807, 2.05) is 12.1 Å². The quantitative estimate of drug-likeness (QED) is 0.811. The van der Waals surface area contributed by atoms with Crippen LogP contribution in [0.3, 0.4) is 0 Å². The maximum atomic E-state index is 6.09. The number of hydrogen-bond acceptors (Lipinski definition) is 2. The summed E-state index contributed by atoms with van der Waals surface area (Å²) in [6.45, 7) is 5.70. The lowest BCUT2D eigenvalue weighted by Crippen LogP contribution is -2.33. The van der Waals surface area contributed by atoms with Gasteiger partial charge in [-0.05, 0) is 65.2 Å². The lowest BCUT2D eigenvalue weighted by atomic mass is 10.0. The molecule has 0 spiro atoms. The number of halogens is 2. The molecule has 0 fully saturated rings. The van der Waals surface area contributed by atoms with Crippen molar-refractivity contribution in [3.63, 3.8) is 0 Å². The Kier molecular flexibility index (Phi) is 5.68. The molecule has 0 amide bonds. The van der Waals surface area contributed by atoms with Crippen molar-refractivity contribution in [2.45, 2.75) is 19.9 Å². The lowest BCUT2D eigenvalue weighted by Gasteiger charge is -2.33. The third kappa shape index (κ3) is 3.79. The first-order valence-corrected chi connectivity index (χ1v) is 8.22. The highest BCUT2D eigenvalue weighted by molar-refractivity contribution is 9.10. The van der Waals surface area contributed by atoms with Crippen LogP contribution < -0.4 is 10.6 Å². The van der Waals surface area contributed by atoms with Crippen molar-refractivity contribution < 1.29 is 0 Å². The molecule has 0 heterocycles. The van der Waals surface area contributed by atoms with Gasteiger partial charge in [0.25, 0.3) is 0 Å². The molecular formula is C17H20BrClN2. The van der Waals surface area contributed by atoms with Crippen molar-refractivity contribution in [2.75, 3.05) is 18.0 Å². The third-order valence-electron chi connectivity index (χ3n) is 3.60. The zero-order valence-corrected chi connectivity index (χ0v) is 14.7. The highest BCUT2D eigenvalue weighted by Crippen LogP contribution is 2.31. The van der Waals surface area contributed by atoms with Crippen molar-refractivity contribution in [3.05, 3.63) is 63.1 Å². The minimum absolute atomic E-state index is 0.130. The Morgan fingerprint density at radius 1 is 1.24 bits per heavy atom. The molecule has 2 aromatic carbocycles. The molecule has 0 radical (unpaired) electrons. The Balaban J connectivity index is 2.39. The molecule has 1 unspecified atom stereocenters. The summed E-state index contributed by atoms with van der Waals surface area (Å²) in [6.07, 6.45) is 0. The topological polar surface area (TPSA) is 29.3 Å². The van der Waals surface area contributed by atoms with Gasteiger partial charge in [-0.15, -0.1) is 0 Å². The Bertz CT molecular complexity index is 615. The number of aryl methyl sites for hydroxylation is 1. The fourth-order valence-corrected chi connectivity index (χ4v) is 3.07. The van der Waals surface area contributed by atoms with Crippen LogP contribution in [0.25, 0.3) is 0 Å². The lowest BCUT2D eigenvalue weighted by molar-refractivity contribution is 0.643. The van der Waals surface area contributed by atoms with Crippen LogP contribution in [0.15, 0.2) is 46.9 Å². The van der Waals surface area contributed by atoms with E-state index in [1.165, 1.54) is 11.3 Å². The van der Waals surface area contributed by atoms with E-state index < -0.39 is 0 Å². The van der Waals surface area contributed by atoms with E-state index in [1.54, 1.807) is 0 Å². The Morgan fingerprint density at radius 3 is 2.57 bits per heavy atom. The first-order valence-electron chi connectivity index (χ1n) is 7.05. The summed E-state index contributed by atoms with van der Waals surface area (Å²) >= 11 is 9.58. The smallest absolute Gasteiger partial charge is 0.0665 e. The van der Waals surface area contributed by atoms with Gasteiger partial charge >= 0.3 is 0 Å². The third-order valence-corrected chi connectivity index (χ3v) is 4.82. The van der Waals surface area contributed by atoms with E-state index in [2.05, 4.69) is 65.0 Å². The van der Waals surface area contributed by atoms with E-state index in [0.29, 0.717) is 11.6 Å². The first-order chi connectivity index (χ1) is 10.1. The van der Waals surface area contributed by atoms with Crippen LogP contribution in [0, 0.1) is 6.92 Å². The van der Waals surface area contributed by atoms with Gasteiger partial charge in [0.15, 0.2) is 0 Å². The summed E-state index contributed by atoms with van der Waals surface area (Å²) in [5.41, 5.74) is 9.66. The SMILES string of the molecule is CCN(c1cccc(C)c1)C(CN)c1ccc(Cl)c(Br)c1. The van der Waals surface area contributed by atoms with E-state index >= 15 is 0 Å². The van der Waals surface area contributed by atoms with Gasteiger partial charge in [0.05, 0.1) is 11.1 Å². The predicted molar refractivity (Wildman–Crippen MR) is 95.1 cm³/mol. The number of nitrogens with zero attached hydrogens (tertiary/aromatic N) is 1. The van der Waals surface area contributed by atoms with Crippen LogP contribution in [-0.4, -0.2) is 13.1 Å². The fourth-order valence-electron chi connectivity index (χ4n) is 2.55. The standard InChI is InChI=1S/C17H20BrClN2/c1-3-21(14-6-4-5-12(2)9-14)17(11-20)13-7-8-16(19)15(18)10-13/h4-10,17H,3,11,20H2,1-2H3. The molecule has 0 saturated carbocycles. The minimum Gasteiger partial charge on any atom is -0.363 e. The summed E-state index contributed by atoms with van der Waals surface area (Å²) in [5, 5.41) is 0.716. The molecule has 2 rings (SSSR count). The van der Waals surface area contributed by atoms with Crippen molar-refractivity contribution in [1.82, 2.24) is 0 Å². The van der Waals surface area contributed by atoms with Crippen molar-refractivity contribution in [2.24, 2.45) is 5.73 Å². The molecule has 2 nitrogen and oxygen atoms in total. The first kappa shape index (κ1) is 16.3. The maximum Gasteiger partial charge on any atom is 0.0665 e. The normalized spacial score (nSPS) is 12.2. The summed E-state index contributed by atoms with van der Waals surface area (Å²) in [5.74, 6) is 0. The zero-order valence-electron chi connectivity index (χ0n) is 12.3. The molecule has 0 saturated heterocycles. The van der Waals surface area contributed by atoms with Crippen LogP contribution in [-0.2, 0) is 0 Å². The number of rotatable bonds is 5. The largest absolute Gasteiger partial charge is 0.363 e. The van der Waals surface area contributed by atoms with E-state index in [-0.39, 0.29) is 6.04 Å². The molecule has 0 aliphatic heterocycles. The zero-order chi connectivity index (χ0) is 15.4. The molecule has 0 aromatic heterocycles. The van der Waals surface area contributed by atoms with Crippen LogP contribution in [0.1, 0.15) is 24.1 Å². The van der Waals surface area contributed by atoms with Crippen LogP contribution in [0.5, 0.6) is 0 Å². The number of likely N-dealkylation sites (N-methyl/N-ethyl adjacent to an activating group) is 1. The van der Waals surface area contributed by atoms with Gasteiger partial charge in [0.2, 0.25) is 0 Å². The molecular weight excluding hydrogens is 348 g/mol. The second kappa shape index (κ2) is 7.30. The van der Waals surface area contributed by atoms with Crippen LogP contribution >= 0.6 is 27.5 Å². The molecule has 0 bridgehead atoms. The molecule has 4 heteroatoms. The van der Waals surface area contributed by atoms with E-state index in [4.69, 9.17) is 17.3 Å². The van der Waals surface area contributed by atoms with Gasteiger partial charge in [-0.1, -0.05) is 29.8 Å². The van der Waals surface area contributed by atoms with E-state index in [9.17, 15) is 0 Å². The Hall–Kier alpha value is -1.03. The van der Waals surface area contributed by atoms with Crippen molar-refractivity contribution in [3.8, 4) is 0 Å². The number of benzene rings is 2. The number of nitrogens with two attached hydrogens (primary N) is 1. The van der Waals surface area contributed by atoms with Gasteiger partial charge in [-0.2, -0.15) is 0 Å². The Labute approximate surface area is 140 Å². The second-order valence-electron chi connectivity index (χ2n) is 5.05. The number of hydrogen-bond donors (Lipinski definition) is 1. The Morgan fingerprint density at radius 2 is 2.00 bits per heavy atom. The van der Waals surface area contributed by atoms with Crippen LogP contribution in [0.2, 0.25) is 5.02 Å². The fraction of sp³-hybridized carbons (Fsp3) is 0.294. The molecule has 2 aromatic rings. The average Bonchev–Trinajstić information content (AvgIpc) is 2.47. The maximum absolute atomic E-state index is 6.09. The minimum atomic E-state index is 0.130. The van der Waals surface area contributed by atoms with Gasteiger partial charge in [-0.25, -0.2) is 0 Å². The van der Waals surface area contributed by atoms with E-state index in [0.717, 1.165) is 16.6 Å². The highest BCUT2D eigenvalue weighted by atomic mass is 79.9. The molecule has 0 aliphatic carbocycles. The van der Waals surface area contributed by atoms with Crippen molar-refractivity contribution in [1.29, 1.82) is 0 Å². The van der Waals surface area contributed by atoms with Gasteiger partial charge in [0, 0.05) is 23.2 Å². The van der Waals surface area contributed by atoms with Gasteiger partial charge < -0.3 is 10.6 Å². The second-order valence-corrected chi connectivity index (χ2v) is 6.31. The van der Waals surface area contributed by atoms with Gasteiger partial charge in [-0.3, -0.25) is 0 Å². The monoisotopic (exact) mass is 366 g/mol. The molecule has 1 atom stereocenters. The van der Waals surface area contributed by atoms with Crippen LogP contribution in [0.4, 0.5) is 5.69 Å². The van der Waals surface area contributed by atoms with Gasteiger partial charge in [0.1, 0.15) is 0 Å². The summed E-state index contributed by atoms with van der Waals surface area (Å²) in [4.78, 5) is 2.32. The molecule has 2 N–H and O–H groups in total. The average molecular weight is 368 g/mol. The number of anilines is 1. The highest BCUT2D eigenvalue weighted by Gasteiger charge is 2.19. The summed E-state index contributed by atoms with van der Waals surface area (Å²) in [7, 11) is 0.